The van der Waals surface area contributed by atoms with Crippen LogP contribution in [-0.2, 0) is 14.3 Å². The van der Waals surface area contributed by atoms with Crippen LogP contribution in [0.4, 0.5) is 0 Å². The summed E-state index contributed by atoms with van der Waals surface area (Å²) < 4.78 is 34.0. The highest BCUT2D eigenvalue weighted by atomic mass is 32.2. The van der Waals surface area contributed by atoms with Crippen LogP contribution < -0.4 is 4.74 Å². The number of benzene rings is 2. The van der Waals surface area contributed by atoms with E-state index < -0.39 is 16.8 Å². The normalized spacial score (nSPS) is 11.8. The molecule has 0 amide bonds. The first-order valence-electron chi connectivity index (χ1n) is 7.01. The molecule has 0 aliphatic carbocycles. The summed E-state index contributed by atoms with van der Waals surface area (Å²) in [4.78, 5) is 3.96. The Bertz CT molecular complexity index is 864. The first-order chi connectivity index (χ1) is 11.5. The first-order valence-corrected chi connectivity index (χ1v) is 8.42. The highest BCUT2D eigenvalue weighted by molar-refractivity contribution is 7.86. The van der Waals surface area contributed by atoms with Crippen LogP contribution in [0.3, 0.4) is 0 Å². The van der Waals surface area contributed by atoms with Gasteiger partial charge in [-0.05, 0) is 43.3 Å². The lowest BCUT2D eigenvalue weighted by Crippen LogP contribution is -2.08. The van der Waals surface area contributed by atoms with Crippen molar-refractivity contribution < 1.29 is 17.3 Å². The van der Waals surface area contributed by atoms with Crippen LogP contribution >= 0.6 is 0 Å². The lowest BCUT2D eigenvalue weighted by atomic mass is 10.1. The van der Waals surface area contributed by atoms with Gasteiger partial charge in [0.15, 0.2) is 6.73 Å². The predicted octanol–water partition coefficient (Wildman–Crippen LogP) is 2.68. The molecular formula is C17H16N2O4S. The van der Waals surface area contributed by atoms with Gasteiger partial charge in [-0.1, -0.05) is 17.7 Å². The summed E-state index contributed by atoms with van der Waals surface area (Å²) in [7, 11) is -2.37. The van der Waals surface area contributed by atoms with Crippen LogP contribution in [0.5, 0.6) is 5.75 Å². The topological polar surface area (TPSA) is 88.8 Å². The van der Waals surface area contributed by atoms with Gasteiger partial charge in [0.25, 0.3) is 10.1 Å². The van der Waals surface area contributed by atoms with Crippen LogP contribution in [0.25, 0.3) is 0 Å². The number of nitriles is 1. The molecule has 0 N–H and O–H groups in total. The molecule has 0 saturated heterocycles. The van der Waals surface area contributed by atoms with E-state index in [4.69, 9.17) is 14.2 Å². The molecule has 0 fully saturated rings. The summed E-state index contributed by atoms with van der Waals surface area (Å²) in [5, 5.41) is 9.17. The van der Waals surface area contributed by atoms with Crippen molar-refractivity contribution in [1.29, 1.82) is 5.26 Å². The van der Waals surface area contributed by atoms with E-state index in [1.807, 2.05) is 13.0 Å². The van der Waals surface area contributed by atoms with Crippen molar-refractivity contribution in [3.63, 3.8) is 0 Å². The maximum absolute atomic E-state index is 12.0. The zero-order valence-electron chi connectivity index (χ0n) is 13.3. The molecule has 0 aliphatic heterocycles. The Labute approximate surface area is 141 Å². The number of hydrogen-bond acceptors (Lipinski definition) is 6. The van der Waals surface area contributed by atoms with Crippen molar-refractivity contribution in [2.45, 2.75) is 11.8 Å². The summed E-state index contributed by atoms with van der Waals surface area (Å²) in [6.07, 6.45) is 0. The number of nitrogens with zero attached hydrogens (tertiary/aromatic N) is 2. The number of methoxy groups -OCH3 is 1. The zero-order valence-corrected chi connectivity index (χ0v) is 14.1. The Morgan fingerprint density at radius 2 is 1.75 bits per heavy atom. The number of aryl methyl sites for hydroxylation is 1. The maximum atomic E-state index is 12.0. The van der Waals surface area contributed by atoms with Crippen molar-refractivity contribution in [3.8, 4) is 11.8 Å². The Morgan fingerprint density at radius 3 is 2.29 bits per heavy atom. The zero-order chi connectivity index (χ0) is 17.6. The van der Waals surface area contributed by atoms with Gasteiger partial charge in [-0.3, -0.25) is 0 Å². The summed E-state index contributed by atoms with van der Waals surface area (Å²) >= 11 is 0. The smallest absolute Gasteiger partial charge is 0.298 e. The lowest BCUT2D eigenvalue weighted by molar-refractivity contribution is 0.330. The van der Waals surface area contributed by atoms with Crippen LogP contribution in [0.15, 0.2) is 58.4 Å². The van der Waals surface area contributed by atoms with E-state index in [-0.39, 0.29) is 10.6 Å². The fraction of sp³-hybridized carbons (Fsp3) is 0.176. The Morgan fingerprint density at radius 1 is 1.12 bits per heavy atom. The van der Waals surface area contributed by atoms with Crippen molar-refractivity contribution in [3.05, 3.63) is 59.7 Å². The quantitative estimate of drug-likeness (QED) is 0.594. The van der Waals surface area contributed by atoms with E-state index in [0.717, 1.165) is 5.56 Å². The molecule has 2 aromatic rings. The minimum atomic E-state index is -3.91. The molecule has 0 spiro atoms. The third-order valence-corrected chi connectivity index (χ3v) is 4.47. The molecule has 0 unspecified atom stereocenters. The summed E-state index contributed by atoms with van der Waals surface area (Å²) in [5.41, 5.74) is 1.57. The van der Waals surface area contributed by atoms with Crippen LogP contribution in [0.2, 0.25) is 0 Å². The molecule has 0 bridgehead atoms. The second kappa shape index (κ2) is 7.73. The first kappa shape index (κ1) is 17.7. The number of rotatable bonds is 6. The molecule has 2 rings (SSSR count). The molecule has 6 nitrogen and oxygen atoms in total. The van der Waals surface area contributed by atoms with E-state index in [1.54, 1.807) is 36.4 Å². The molecule has 0 aliphatic rings. The van der Waals surface area contributed by atoms with E-state index in [1.165, 1.54) is 19.2 Å². The van der Waals surface area contributed by atoms with Gasteiger partial charge in [0, 0.05) is 5.56 Å². The Kier molecular flexibility index (Phi) is 5.68. The SMILES string of the molecule is COc1ccc(/C(C#N)=N/COS(=O)(=O)c2ccc(C)cc2)cc1. The lowest BCUT2D eigenvalue weighted by Gasteiger charge is -2.05. The Hall–Kier alpha value is -2.69. The van der Waals surface area contributed by atoms with Crippen molar-refractivity contribution in [2.75, 3.05) is 13.8 Å². The second-order valence-electron chi connectivity index (χ2n) is 4.86. The summed E-state index contributed by atoms with van der Waals surface area (Å²) in [6.45, 7) is 1.39. The van der Waals surface area contributed by atoms with E-state index in [0.29, 0.717) is 11.3 Å². The molecule has 24 heavy (non-hydrogen) atoms. The average molecular weight is 344 g/mol. The largest absolute Gasteiger partial charge is 0.497 e. The van der Waals surface area contributed by atoms with Gasteiger partial charge in [0.2, 0.25) is 0 Å². The van der Waals surface area contributed by atoms with Crippen LogP contribution in [0.1, 0.15) is 11.1 Å². The number of hydrogen-bond donors (Lipinski definition) is 0. The maximum Gasteiger partial charge on any atom is 0.298 e. The molecule has 7 heteroatoms. The van der Waals surface area contributed by atoms with E-state index in [2.05, 4.69) is 4.99 Å². The molecule has 0 saturated carbocycles. The Balaban J connectivity index is 2.10. The molecule has 2 aromatic carbocycles. The van der Waals surface area contributed by atoms with E-state index >= 15 is 0 Å². The third kappa shape index (κ3) is 4.41. The van der Waals surface area contributed by atoms with Gasteiger partial charge in [-0.25, -0.2) is 9.18 Å². The highest BCUT2D eigenvalue weighted by Crippen LogP contribution is 2.14. The molecule has 124 valence electrons. The monoisotopic (exact) mass is 344 g/mol. The molecule has 0 aromatic heterocycles. The highest BCUT2D eigenvalue weighted by Gasteiger charge is 2.14. The molecule has 0 atom stereocenters. The van der Waals surface area contributed by atoms with Crippen LogP contribution in [0, 0.1) is 18.3 Å². The van der Waals surface area contributed by atoms with Crippen molar-refractivity contribution >= 4 is 15.8 Å². The fourth-order valence-corrected chi connectivity index (χ4v) is 2.67. The molecule has 0 radical (unpaired) electrons. The van der Waals surface area contributed by atoms with Gasteiger partial charge in [0.1, 0.15) is 17.5 Å². The van der Waals surface area contributed by atoms with Gasteiger partial charge >= 0.3 is 0 Å². The van der Waals surface area contributed by atoms with Crippen molar-refractivity contribution in [2.24, 2.45) is 4.99 Å². The summed E-state index contributed by atoms with van der Waals surface area (Å²) in [6, 6.07) is 14.9. The minimum absolute atomic E-state index is 0.0475. The van der Waals surface area contributed by atoms with Crippen molar-refractivity contribution in [1.82, 2.24) is 0 Å². The van der Waals surface area contributed by atoms with Gasteiger partial charge in [-0.15, -0.1) is 0 Å². The van der Waals surface area contributed by atoms with Crippen LogP contribution in [-0.4, -0.2) is 28.0 Å². The second-order valence-corrected chi connectivity index (χ2v) is 6.48. The predicted molar refractivity (Wildman–Crippen MR) is 89.5 cm³/mol. The third-order valence-electron chi connectivity index (χ3n) is 3.21. The number of aliphatic imine (C=N–C) groups is 1. The van der Waals surface area contributed by atoms with Gasteiger partial charge < -0.3 is 4.74 Å². The fourth-order valence-electron chi connectivity index (χ4n) is 1.87. The number of ether oxygens (including phenoxy) is 1. The average Bonchev–Trinajstić information content (AvgIpc) is 2.59. The molecule has 0 heterocycles. The van der Waals surface area contributed by atoms with Gasteiger partial charge in [-0.2, -0.15) is 13.7 Å². The van der Waals surface area contributed by atoms with Gasteiger partial charge in [0.05, 0.1) is 12.0 Å². The summed E-state index contributed by atoms with van der Waals surface area (Å²) in [5.74, 6) is 0.647. The molecular weight excluding hydrogens is 328 g/mol. The van der Waals surface area contributed by atoms with E-state index in [9.17, 15) is 8.42 Å². The standard InChI is InChI=1S/C17H16N2O4S/c1-13-3-9-16(10-4-13)24(20,21)23-12-19-17(11-18)14-5-7-15(22-2)8-6-14/h3-10H,12H2,1-2H3/b19-17+. The minimum Gasteiger partial charge on any atom is -0.497 e.